The highest BCUT2D eigenvalue weighted by Gasteiger charge is 2.44. The lowest BCUT2D eigenvalue weighted by Crippen LogP contribution is -2.60. The Kier molecular flexibility index (Phi) is 54.9. The minimum atomic E-state index is -1.59. The van der Waals surface area contributed by atoms with Gasteiger partial charge in [-0.25, -0.2) is 0 Å². The third-order valence-corrected chi connectivity index (χ3v) is 14.4. The maximum Gasteiger partial charge on any atom is 0.220 e. The first kappa shape index (κ1) is 75.1. The minimum Gasteiger partial charge on any atom is -0.394 e. The van der Waals surface area contributed by atoms with Crippen molar-refractivity contribution in [2.45, 2.75) is 288 Å². The number of amides is 1. The Bertz CT molecular complexity index is 1780. The van der Waals surface area contributed by atoms with Gasteiger partial charge in [0.1, 0.15) is 24.4 Å². The van der Waals surface area contributed by atoms with E-state index < -0.39 is 49.5 Å². The highest BCUT2D eigenvalue weighted by molar-refractivity contribution is 5.76. The number of aliphatic hydroxyl groups is 5. The normalized spacial score (nSPS) is 19.4. The highest BCUT2D eigenvalue weighted by Crippen LogP contribution is 2.23. The van der Waals surface area contributed by atoms with E-state index in [1.54, 1.807) is 6.08 Å². The Labute approximate surface area is 495 Å². The highest BCUT2D eigenvalue weighted by atomic mass is 16.7. The van der Waals surface area contributed by atoms with E-state index in [9.17, 15) is 30.3 Å². The van der Waals surface area contributed by atoms with Crippen molar-refractivity contribution in [1.82, 2.24) is 5.32 Å². The zero-order valence-electron chi connectivity index (χ0n) is 51.2. The number of carbonyl (C=O) groups is 1. The molecule has 9 nitrogen and oxygen atoms in total. The van der Waals surface area contributed by atoms with Crippen LogP contribution in [0.15, 0.2) is 146 Å². The Hall–Kier alpha value is -3.93. The average molecular weight is 1130 g/mol. The molecule has 0 spiro atoms. The lowest BCUT2D eigenvalue weighted by atomic mass is 9.99. The molecule has 7 unspecified atom stereocenters. The van der Waals surface area contributed by atoms with Gasteiger partial charge in [-0.2, -0.15) is 0 Å². The van der Waals surface area contributed by atoms with Gasteiger partial charge in [0.05, 0.1) is 25.4 Å². The SMILES string of the molecule is CC/C=C\C/C=C\C/C=C\C/C=C\C/C=C\C/C=C\C/C=C\C/C=C\C/C=C\C/C=C\CCCCCCC(=O)NC(COC1OC(CO)C(O)C(O)C1O)C(O)/C=C/CC/C=C/CCCCCCCCCCCCCCCCCCC. The van der Waals surface area contributed by atoms with E-state index in [1.807, 2.05) is 6.08 Å². The monoisotopic (exact) mass is 1130 g/mol. The molecule has 0 radical (unpaired) electrons. The van der Waals surface area contributed by atoms with Crippen molar-refractivity contribution in [2.75, 3.05) is 13.2 Å². The molecule has 1 heterocycles. The fraction of sp³-hybridized carbons (Fsp3) is 0.653. The van der Waals surface area contributed by atoms with Crippen molar-refractivity contribution in [3.05, 3.63) is 146 Å². The second kappa shape index (κ2) is 59.2. The summed E-state index contributed by atoms with van der Waals surface area (Å²) in [6.07, 6.45) is 85.0. The second-order valence-corrected chi connectivity index (χ2v) is 21.8. The van der Waals surface area contributed by atoms with E-state index in [0.717, 1.165) is 109 Å². The molecule has 9 heteroatoms. The molecule has 460 valence electrons. The molecule has 7 atom stereocenters. The number of hydrogen-bond donors (Lipinski definition) is 6. The maximum atomic E-state index is 13.1. The topological polar surface area (TPSA) is 149 Å². The van der Waals surface area contributed by atoms with Gasteiger partial charge in [0.15, 0.2) is 6.29 Å². The molecule has 0 saturated carbocycles. The first-order chi connectivity index (χ1) is 39.8. The van der Waals surface area contributed by atoms with Crippen LogP contribution in [0.2, 0.25) is 0 Å². The van der Waals surface area contributed by atoms with Crippen LogP contribution in [0.3, 0.4) is 0 Å². The van der Waals surface area contributed by atoms with E-state index in [2.05, 4.69) is 153 Å². The molecule has 0 aromatic rings. The third kappa shape index (κ3) is 48.2. The summed E-state index contributed by atoms with van der Waals surface area (Å²) in [4.78, 5) is 13.1. The van der Waals surface area contributed by atoms with Crippen LogP contribution >= 0.6 is 0 Å². The van der Waals surface area contributed by atoms with Gasteiger partial charge in [0, 0.05) is 6.42 Å². The second-order valence-electron chi connectivity index (χ2n) is 21.8. The summed E-state index contributed by atoms with van der Waals surface area (Å²) in [5, 5.41) is 54.6. The Morgan fingerprint density at radius 3 is 1.19 bits per heavy atom. The van der Waals surface area contributed by atoms with Crippen molar-refractivity contribution >= 4 is 5.91 Å². The predicted octanol–water partition coefficient (Wildman–Crippen LogP) is 17.4. The van der Waals surface area contributed by atoms with Gasteiger partial charge >= 0.3 is 0 Å². The Morgan fingerprint density at radius 2 is 0.778 bits per heavy atom. The summed E-state index contributed by atoms with van der Waals surface area (Å²) in [5.41, 5.74) is 0. The van der Waals surface area contributed by atoms with Gasteiger partial charge in [-0.1, -0.05) is 275 Å². The molecule has 1 saturated heterocycles. The van der Waals surface area contributed by atoms with Crippen LogP contribution in [0.4, 0.5) is 0 Å². The van der Waals surface area contributed by atoms with Crippen LogP contribution < -0.4 is 5.32 Å². The standard InChI is InChI=1S/C72H119NO8/c1-3-5-7-9-11-13-15-17-19-21-23-25-27-28-29-30-31-32-33-34-35-36-37-38-40-42-44-46-48-50-52-54-56-58-60-62-68(76)73-65(64-80-72-71(79)70(78)69(77)67(63-74)81-72)66(75)61-59-57-55-53-51-49-47-45-43-41-39-26-24-22-20-18-16-14-12-10-8-6-4-2/h5,7,11,13,17,19,23,25,28-29,31-32,34-35,37-38,42,44,48,50-51,53,59,61,65-67,69-72,74-75,77-79H,3-4,6,8-10,12,14-16,18,20-22,24,26-27,30,33,36,39-41,43,45-47,49,52,54-58,60,62-64H2,1-2H3,(H,73,76)/b7-5-,13-11-,19-17-,25-23-,29-28-,32-31-,35-34-,38-37-,44-42-,50-48-,53-51+,61-59+. The molecule has 1 aliphatic heterocycles. The molecule has 1 rings (SSSR count). The number of unbranched alkanes of at least 4 members (excludes halogenated alkanes) is 22. The number of allylic oxidation sites excluding steroid dienone is 23. The van der Waals surface area contributed by atoms with E-state index in [-0.39, 0.29) is 12.5 Å². The van der Waals surface area contributed by atoms with Crippen molar-refractivity contribution in [3.63, 3.8) is 0 Å². The summed E-state index contributed by atoms with van der Waals surface area (Å²) >= 11 is 0. The first-order valence-electron chi connectivity index (χ1n) is 32.6. The van der Waals surface area contributed by atoms with Crippen LogP contribution in [0.1, 0.15) is 245 Å². The molecule has 81 heavy (non-hydrogen) atoms. The molecule has 0 bridgehead atoms. The van der Waals surface area contributed by atoms with Gasteiger partial charge < -0.3 is 40.3 Å². The van der Waals surface area contributed by atoms with Crippen molar-refractivity contribution < 1.29 is 39.8 Å². The number of nitrogens with one attached hydrogen (secondary N) is 1. The van der Waals surface area contributed by atoms with E-state index >= 15 is 0 Å². The summed E-state index contributed by atoms with van der Waals surface area (Å²) in [6.45, 7) is 3.64. The largest absolute Gasteiger partial charge is 0.394 e. The van der Waals surface area contributed by atoms with Crippen molar-refractivity contribution in [1.29, 1.82) is 0 Å². The summed E-state index contributed by atoms with van der Waals surface area (Å²) in [5.74, 6) is -0.216. The molecular formula is C72H119NO8. The molecule has 1 fully saturated rings. The lowest BCUT2D eigenvalue weighted by Gasteiger charge is -2.40. The van der Waals surface area contributed by atoms with E-state index in [0.29, 0.717) is 12.8 Å². The van der Waals surface area contributed by atoms with Gasteiger partial charge in [0.2, 0.25) is 5.91 Å². The van der Waals surface area contributed by atoms with Gasteiger partial charge in [-0.3, -0.25) is 4.79 Å². The fourth-order valence-corrected chi connectivity index (χ4v) is 9.32. The van der Waals surface area contributed by atoms with Crippen LogP contribution in [0, 0.1) is 0 Å². The van der Waals surface area contributed by atoms with E-state index in [4.69, 9.17) is 9.47 Å². The number of carbonyl (C=O) groups excluding carboxylic acids is 1. The zero-order valence-corrected chi connectivity index (χ0v) is 51.2. The van der Waals surface area contributed by atoms with Crippen LogP contribution in [-0.2, 0) is 14.3 Å². The maximum absolute atomic E-state index is 13.1. The van der Waals surface area contributed by atoms with Gasteiger partial charge in [0.25, 0.3) is 0 Å². The minimum absolute atomic E-state index is 0.216. The van der Waals surface area contributed by atoms with Crippen molar-refractivity contribution in [3.8, 4) is 0 Å². The number of rotatable bonds is 54. The number of hydrogen-bond acceptors (Lipinski definition) is 8. The van der Waals surface area contributed by atoms with Crippen LogP contribution in [-0.4, -0.2) is 87.5 Å². The third-order valence-electron chi connectivity index (χ3n) is 14.4. The van der Waals surface area contributed by atoms with Crippen molar-refractivity contribution in [2.24, 2.45) is 0 Å². The first-order valence-corrected chi connectivity index (χ1v) is 32.6. The molecule has 0 aromatic heterocycles. The summed E-state index contributed by atoms with van der Waals surface area (Å²) < 4.78 is 11.3. The lowest BCUT2D eigenvalue weighted by molar-refractivity contribution is -0.302. The Morgan fingerprint density at radius 1 is 0.432 bits per heavy atom. The summed E-state index contributed by atoms with van der Waals surface area (Å²) in [7, 11) is 0. The molecule has 0 aliphatic carbocycles. The number of aliphatic hydroxyl groups excluding tert-OH is 5. The van der Waals surface area contributed by atoms with Crippen LogP contribution in [0.25, 0.3) is 0 Å². The number of ether oxygens (including phenoxy) is 2. The zero-order chi connectivity index (χ0) is 58.6. The van der Waals surface area contributed by atoms with Crippen LogP contribution in [0.5, 0.6) is 0 Å². The van der Waals surface area contributed by atoms with E-state index in [1.165, 1.54) is 109 Å². The molecule has 1 aliphatic rings. The summed E-state index contributed by atoms with van der Waals surface area (Å²) in [6, 6.07) is -0.848. The Balaban J connectivity index is 2.25. The predicted molar refractivity (Wildman–Crippen MR) is 345 cm³/mol. The van der Waals surface area contributed by atoms with Gasteiger partial charge in [-0.15, -0.1) is 0 Å². The fourth-order valence-electron chi connectivity index (χ4n) is 9.32. The molecular weight excluding hydrogens is 1010 g/mol. The quantitative estimate of drug-likeness (QED) is 0.0261. The average Bonchev–Trinajstić information content (AvgIpc) is 3.48. The molecule has 6 N–H and O–H groups in total. The molecule has 0 aromatic carbocycles. The molecule has 1 amide bonds. The van der Waals surface area contributed by atoms with Gasteiger partial charge in [-0.05, 0) is 109 Å². The smallest absolute Gasteiger partial charge is 0.220 e.